The molecule has 5 heteroatoms. The average molecular weight is 512 g/mol. The summed E-state index contributed by atoms with van der Waals surface area (Å²) in [6, 6.07) is 0.609. The van der Waals surface area contributed by atoms with Gasteiger partial charge in [-0.1, -0.05) is 25.5 Å². The number of aliphatic hydroxyl groups excluding tert-OH is 1. The number of piperidine rings is 1. The highest BCUT2D eigenvalue weighted by Gasteiger charge is 2.91. The lowest BCUT2D eigenvalue weighted by Crippen LogP contribution is -2.64. The number of aliphatic hydroxyl groups is 1. The Labute approximate surface area is 223 Å². The van der Waals surface area contributed by atoms with Crippen LogP contribution in [0.1, 0.15) is 78.1 Å². The predicted molar refractivity (Wildman–Crippen MR) is 142 cm³/mol. The van der Waals surface area contributed by atoms with Gasteiger partial charge in [-0.05, 0) is 98.7 Å². The van der Waals surface area contributed by atoms with Crippen LogP contribution in [-0.2, 0) is 14.2 Å². The Morgan fingerprint density at radius 2 is 1.97 bits per heavy atom. The monoisotopic (exact) mass is 511 g/mol. The first-order valence-corrected chi connectivity index (χ1v) is 15.8. The van der Waals surface area contributed by atoms with Crippen molar-refractivity contribution in [2.45, 2.75) is 102 Å². The van der Waals surface area contributed by atoms with E-state index in [-0.39, 0.29) is 11.7 Å². The molecule has 0 bridgehead atoms. The summed E-state index contributed by atoms with van der Waals surface area (Å²) in [6.07, 6.45) is 15.6. The quantitative estimate of drug-likeness (QED) is 0.409. The largest absolute Gasteiger partial charge is 0.389 e. The van der Waals surface area contributed by atoms with E-state index in [0.717, 1.165) is 43.2 Å². The summed E-state index contributed by atoms with van der Waals surface area (Å²) in [7, 11) is 1.75. The highest BCUT2D eigenvalue weighted by Crippen LogP contribution is 2.93. The number of nitrogens with zero attached hydrogens (tertiary/aromatic N) is 1. The summed E-state index contributed by atoms with van der Waals surface area (Å²) in [5, 5.41) is 10.4. The Bertz CT molecular complexity index is 984. The minimum atomic E-state index is -0.199. The number of hydrogen-bond donors (Lipinski definition) is 1. The molecule has 37 heavy (non-hydrogen) atoms. The first-order valence-electron chi connectivity index (χ1n) is 15.8. The molecule has 0 radical (unpaired) electrons. The highest BCUT2D eigenvalue weighted by atomic mass is 16.5. The second-order valence-corrected chi connectivity index (χ2v) is 15.1. The maximum atomic E-state index is 10.4. The molecule has 8 rings (SSSR count). The van der Waals surface area contributed by atoms with Crippen molar-refractivity contribution in [3.05, 3.63) is 11.6 Å². The van der Waals surface area contributed by atoms with Crippen LogP contribution in [0.3, 0.4) is 0 Å². The number of allylic oxidation sites excluding steroid dienone is 1. The predicted octanol–water partition coefficient (Wildman–Crippen LogP) is 4.82. The first kappa shape index (κ1) is 24.3. The zero-order valence-corrected chi connectivity index (χ0v) is 23.4. The smallest absolute Gasteiger partial charge is 0.0793 e. The lowest BCUT2D eigenvalue weighted by molar-refractivity contribution is -0.211. The van der Waals surface area contributed by atoms with Gasteiger partial charge in [-0.3, -0.25) is 4.90 Å². The first-order chi connectivity index (χ1) is 17.9. The number of fused-ring (bicyclic) bond motifs is 6. The number of methoxy groups -OCH3 is 1. The molecule has 2 saturated heterocycles. The normalized spacial score (nSPS) is 57.0. The van der Waals surface area contributed by atoms with Gasteiger partial charge in [0.15, 0.2) is 0 Å². The zero-order chi connectivity index (χ0) is 25.2. The fourth-order valence-corrected chi connectivity index (χ4v) is 12.6. The van der Waals surface area contributed by atoms with Crippen LogP contribution in [0.5, 0.6) is 0 Å². The van der Waals surface area contributed by atoms with Crippen molar-refractivity contribution in [3.63, 3.8) is 0 Å². The summed E-state index contributed by atoms with van der Waals surface area (Å²) in [5.74, 6) is 4.13. The molecule has 5 saturated carbocycles. The highest BCUT2D eigenvalue weighted by molar-refractivity contribution is 5.41. The van der Waals surface area contributed by atoms with Gasteiger partial charge < -0.3 is 19.3 Å². The van der Waals surface area contributed by atoms with Crippen molar-refractivity contribution >= 4 is 0 Å². The molecule has 3 spiro atoms. The van der Waals surface area contributed by atoms with Crippen molar-refractivity contribution in [1.82, 2.24) is 4.90 Å². The minimum Gasteiger partial charge on any atom is -0.389 e. The van der Waals surface area contributed by atoms with Gasteiger partial charge in [0.05, 0.1) is 37.6 Å². The van der Waals surface area contributed by atoms with Gasteiger partial charge in [0.25, 0.3) is 0 Å². The second-order valence-electron chi connectivity index (χ2n) is 15.1. The van der Waals surface area contributed by atoms with E-state index in [1.165, 1.54) is 64.3 Å². The van der Waals surface area contributed by atoms with Crippen LogP contribution in [0.4, 0.5) is 0 Å². The summed E-state index contributed by atoms with van der Waals surface area (Å²) < 4.78 is 18.5. The molecule has 2 heterocycles. The lowest BCUT2D eigenvalue weighted by atomic mass is 9.47. The van der Waals surface area contributed by atoms with E-state index in [1.54, 1.807) is 12.7 Å². The molecule has 1 N–H and O–H groups in total. The van der Waals surface area contributed by atoms with Gasteiger partial charge in [0, 0.05) is 37.6 Å². The summed E-state index contributed by atoms with van der Waals surface area (Å²) in [6.45, 7) is 9.44. The third-order valence-corrected chi connectivity index (χ3v) is 13.9. The van der Waals surface area contributed by atoms with Gasteiger partial charge in [-0.25, -0.2) is 0 Å². The van der Waals surface area contributed by atoms with E-state index in [4.69, 9.17) is 14.2 Å². The standard InChI is InChI=1S/C32H49NO4/c1-20-14-27-28(33(18-20)10-11-36-13-12-35-3)26-17-31-19-30(31)16-25-23(24(30)7-9-32(26,31)37-27)5-4-21-15-22(34)6-8-29(21,25)2/h15,20,22-28,34H,4-14,16-19H2,1-3H3/t20-,22-,23?,24-,25-,26+,27+,28-,29-,30?,31?,32+/m0/s1. The third-order valence-electron chi connectivity index (χ3n) is 13.9. The molecule has 5 nitrogen and oxygen atoms in total. The Morgan fingerprint density at radius 3 is 2.84 bits per heavy atom. The molecule has 206 valence electrons. The van der Waals surface area contributed by atoms with Gasteiger partial charge in [-0.15, -0.1) is 0 Å². The average Bonchev–Trinajstić information content (AvgIpc) is 3.35. The Kier molecular flexibility index (Phi) is 5.30. The number of ether oxygens (including phenoxy) is 3. The van der Waals surface area contributed by atoms with Crippen molar-refractivity contribution in [2.75, 3.05) is 40.0 Å². The van der Waals surface area contributed by atoms with Crippen molar-refractivity contribution in [3.8, 4) is 0 Å². The molecule has 0 aromatic rings. The fraction of sp³-hybridized carbons (Fsp3) is 0.938. The van der Waals surface area contributed by atoms with Crippen LogP contribution in [0.25, 0.3) is 0 Å². The van der Waals surface area contributed by atoms with Gasteiger partial charge in [0.2, 0.25) is 0 Å². The Morgan fingerprint density at radius 1 is 1.08 bits per heavy atom. The van der Waals surface area contributed by atoms with Gasteiger partial charge in [0.1, 0.15) is 0 Å². The number of rotatable bonds is 6. The summed E-state index contributed by atoms with van der Waals surface area (Å²) >= 11 is 0. The third kappa shape index (κ3) is 2.94. The van der Waals surface area contributed by atoms with E-state index in [9.17, 15) is 5.11 Å². The van der Waals surface area contributed by atoms with Crippen molar-refractivity contribution < 1.29 is 19.3 Å². The van der Waals surface area contributed by atoms with Crippen LogP contribution >= 0.6 is 0 Å². The zero-order valence-electron chi connectivity index (χ0n) is 23.4. The van der Waals surface area contributed by atoms with Crippen LogP contribution < -0.4 is 0 Å². The fourth-order valence-electron chi connectivity index (χ4n) is 12.6. The topological polar surface area (TPSA) is 51.2 Å². The van der Waals surface area contributed by atoms with Crippen LogP contribution in [0, 0.1) is 45.8 Å². The maximum Gasteiger partial charge on any atom is 0.0793 e. The van der Waals surface area contributed by atoms with Gasteiger partial charge >= 0.3 is 0 Å². The van der Waals surface area contributed by atoms with E-state index >= 15 is 0 Å². The summed E-state index contributed by atoms with van der Waals surface area (Å²) in [4.78, 5) is 2.78. The molecule has 6 aliphatic carbocycles. The van der Waals surface area contributed by atoms with Crippen LogP contribution in [0.2, 0.25) is 0 Å². The molecule has 2 aliphatic heterocycles. The number of hydrogen-bond acceptors (Lipinski definition) is 5. The Hall–Kier alpha value is -0.460. The molecular weight excluding hydrogens is 462 g/mol. The van der Waals surface area contributed by atoms with Gasteiger partial charge in [-0.2, -0.15) is 0 Å². The SMILES string of the molecule is COCCOCCN1C[C@@H](C)C[C@H]2O[C@@]34CC[C@H]5C6CCC7=C[C@@H](O)CC[C@]7(C)[C@H]6CC56CC63C[C@@H]4[C@@H]21. The molecule has 0 aromatic carbocycles. The van der Waals surface area contributed by atoms with Crippen LogP contribution in [-0.4, -0.2) is 73.9 Å². The minimum absolute atomic E-state index is 0.174. The molecule has 3 unspecified atom stereocenters. The second kappa shape index (κ2) is 8.06. The molecule has 8 aliphatic rings. The van der Waals surface area contributed by atoms with Crippen molar-refractivity contribution in [2.24, 2.45) is 45.8 Å². The van der Waals surface area contributed by atoms with Crippen molar-refractivity contribution in [1.29, 1.82) is 0 Å². The van der Waals surface area contributed by atoms with E-state index in [2.05, 4.69) is 24.8 Å². The van der Waals surface area contributed by atoms with Crippen LogP contribution in [0.15, 0.2) is 11.6 Å². The van der Waals surface area contributed by atoms with E-state index in [1.807, 2.05) is 0 Å². The lowest BCUT2D eigenvalue weighted by Gasteiger charge is -2.60. The summed E-state index contributed by atoms with van der Waals surface area (Å²) in [5.41, 5.74) is 3.18. The molecule has 0 aromatic heterocycles. The number of likely N-dealkylation sites (tertiary alicyclic amines) is 1. The molecular formula is C32H49NO4. The maximum absolute atomic E-state index is 10.4. The molecule has 12 atom stereocenters. The molecule has 7 fully saturated rings. The van der Waals surface area contributed by atoms with E-state index < -0.39 is 0 Å². The van der Waals surface area contributed by atoms with E-state index in [0.29, 0.717) is 47.5 Å². The molecule has 0 amide bonds. The Balaban J connectivity index is 1.04.